The van der Waals surface area contributed by atoms with E-state index in [1.807, 2.05) is 0 Å². The van der Waals surface area contributed by atoms with Crippen LogP contribution >= 0.6 is 0 Å². The first-order chi connectivity index (χ1) is 5.13. The van der Waals surface area contributed by atoms with E-state index in [9.17, 15) is 17.2 Å². The Morgan fingerprint density at radius 3 is 2.27 bits per heavy atom. The zero-order valence-electron chi connectivity index (χ0n) is 5.25. The highest BCUT2D eigenvalue weighted by Gasteiger charge is 2.08. The molecule has 0 heterocycles. The predicted octanol–water partition coefficient (Wildman–Crippen LogP) is 0.935. The van der Waals surface area contributed by atoms with E-state index < -0.39 is 27.2 Å². The van der Waals surface area contributed by atoms with Crippen LogP contribution in [0.4, 0.5) is 8.78 Å². The van der Waals surface area contributed by atoms with Gasteiger partial charge in [0.15, 0.2) is 22.3 Å². The van der Waals surface area contributed by atoms with Crippen LogP contribution in [0.2, 0.25) is 0 Å². The standard InChI is InChI=1S/C6H4F2O2S/c7-4-2-1-3-5(6(4)8)11(9)10/h1-3,11H. The lowest BCUT2D eigenvalue weighted by atomic mass is 10.3. The Morgan fingerprint density at radius 1 is 1.18 bits per heavy atom. The van der Waals surface area contributed by atoms with Crippen molar-refractivity contribution in [3.63, 3.8) is 0 Å². The molecule has 1 rings (SSSR count). The Balaban J connectivity index is 3.39. The van der Waals surface area contributed by atoms with Crippen LogP contribution in [0.1, 0.15) is 0 Å². The summed E-state index contributed by atoms with van der Waals surface area (Å²) in [5, 5.41) is 0. The van der Waals surface area contributed by atoms with E-state index in [2.05, 4.69) is 0 Å². The highest BCUT2D eigenvalue weighted by molar-refractivity contribution is 7.72. The second-order valence-electron chi connectivity index (χ2n) is 1.83. The zero-order valence-corrected chi connectivity index (χ0v) is 6.15. The van der Waals surface area contributed by atoms with Gasteiger partial charge >= 0.3 is 0 Å². The van der Waals surface area contributed by atoms with Gasteiger partial charge in [-0.2, -0.15) is 0 Å². The van der Waals surface area contributed by atoms with Crippen molar-refractivity contribution in [2.45, 2.75) is 4.90 Å². The fourth-order valence-electron chi connectivity index (χ4n) is 0.633. The third-order valence-electron chi connectivity index (χ3n) is 1.13. The lowest BCUT2D eigenvalue weighted by Gasteiger charge is -1.93. The van der Waals surface area contributed by atoms with Crippen LogP contribution < -0.4 is 0 Å². The van der Waals surface area contributed by atoms with Crippen molar-refractivity contribution in [1.29, 1.82) is 0 Å². The van der Waals surface area contributed by atoms with Crippen LogP contribution in [0, 0.1) is 11.6 Å². The molecule has 0 radical (unpaired) electrons. The quantitative estimate of drug-likeness (QED) is 0.649. The fraction of sp³-hybridized carbons (Fsp3) is 0. The minimum atomic E-state index is -3.05. The highest BCUT2D eigenvalue weighted by atomic mass is 32.2. The molecular formula is C6H4F2O2S. The summed E-state index contributed by atoms with van der Waals surface area (Å²) >= 11 is 0. The molecule has 0 fully saturated rings. The van der Waals surface area contributed by atoms with Gasteiger partial charge < -0.3 is 0 Å². The highest BCUT2D eigenvalue weighted by Crippen LogP contribution is 2.11. The van der Waals surface area contributed by atoms with E-state index in [-0.39, 0.29) is 0 Å². The second kappa shape index (κ2) is 2.96. The molecule has 0 bridgehead atoms. The average molecular weight is 178 g/mol. The molecule has 0 N–H and O–H groups in total. The Kier molecular flexibility index (Phi) is 2.19. The fourth-order valence-corrected chi connectivity index (χ4v) is 1.11. The Hall–Kier alpha value is -0.970. The van der Waals surface area contributed by atoms with Crippen molar-refractivity contribution in [2.75, 3.05) is 0 Å². The van der Waals surface area contributed by atoms with Gasteiger partial charge in [-0.1, -0.05) is 6.07 Å². The van der Waals surface area contributed by atoms with Gasteiger partial charge in [0.1, 0.15) is 4.90 Å². The van der Waals surface area contributed by atoms with E-state index in [4.69, 9.17) is 0 Å². The number of halogens is 2. The van der Waals surface area contributed by atoms with Crippen molar-refractivity contribution in [1.82, 2.24) is 0 Å². The number of hydrogen-bond donors (Lipinski definition) is 1. The summed E-state index contributed by atoms with van der Waals surface area (Å²) in [6.45, 7) is 0. The lowest BCUT2D eigenvalue weighted by molar-refractivity contribution is 0.487. The number of thiol groups is 1. The summed E-state index contributed by atoms with van der Waals surface area (Å²) in [5.41, 5.74) is 0. The van der Waals surface area contributed by atoms with Gasteiger partial charge in [0.25, 0.3) is 0 Å². The summed E-state index contributed by atoms with van der Waals surface area (Å²) in [5.74, 6) is -2.47. The summed E-state index contributed by atoms with van der Waals surface area (Å²) in [7, 11) is -3.05. The van der Waals surface area contributed by atoms with Crippen molar-refractivity contribution in [3.05, 3.63) is 29.8 Å². The molecule has 60 valence electrons. The largest absolute Gasteiger partial charge is 0.227 e. The van der Waals surface area contributed by atoms with Gasteiger partial charge in [-0.25, -0.2) is 17.2 Å². The molecule has 1 aromatic carbocycles. The van der Waals surface area contributed by atoms with Crippen molar-refractivity contribution in [3.8, 4) is 0 Å². The van der Waals surface area contributed by atoms with Crippen molar-refractivity contribution >= 4 is 10.7 Å². The first kappa shape index (κ1) is 8.13. The van der Waals surface area contributed by atoms with Gasteiger partial charge in [-0.15, -0.1) is 0 Å². The molecule has 1 aromatic rings. The second-order valence-corrected chi connectivity index (χ2v) is 2.83. The van der Waals surface area contributed by atoms with E-state index in [1.165, 1.54) is 0 Å². The van der Waals surface area contributed by atoms with Crippen LogP contribution in [0.25, 0.3) is 0 Å². The smallest absolute Gasteiger partial charge is 0.177 e. The molecule has 0 aliphatic carbocycles. The predicted molar refractivity (Wildman–Crippen MR) is 34.9 cm³/mol. The van der Waals surface area contributed by atoms with Gasteiger partial charge in [0.2, 0.25) is 0 Å². The molecule has 0 aromatic heterocycles. The molecule has 11 heavy (non-hydrogen) atoms. The molecule has 0 atom stereocenters. The van der Waals surface area contributed by atoms with E-state index >= 15 is 0 Å². The molecule has 5 heteroatoms. The molecule has 0 amide bonds. The molecule has 2 nitrogen and oxygen atoms in total. The van der Waals surface area contributed by atoms with E-state index in [0.29, 0.717) is 0 Å². The molecule has 0 aliphatic heterocycles. The third kappa shape index (κ3) is 1.54. The van der Waals surface area contributed by atoms with Gasteiger partial charge in [-0.05, 0) is 12.1 Å². The summed E-state index contributed by atoms with van der Waals surface area (Å²) in [6, 6.07) is 3.00. The number of benzene rings is 1. The number of hydrogen-bond acceptors (Lipinski definition) is 2. The van der Waals surface area contributed by atoms with E-state index in [1.54, 1.807) is 0 Å². The number of rotatable bonds is 1. The van der Waals surface area contributed by atoms with E-state index in [0.717, 1.165) is 18.2 Å². The van der Waals surface area contributed by atoms with Crippen molar-refractivity contribution in [2.24, 2.45) is 0 Å². The van der Waals surface area contributed by atoms with Gasteiger partial charge in [-0.3, -0.25) is 0 Å². The Labute approximate surface area is 63.4 Å². The summed E-state index contributed by atoms with van der Waals surface area (Å²) < 4.78 is 45.2. The van der Waals surface area contributed by atoms with Crippen LogP contribution in [0.15, 0.2) is 23.1 Å². The molecular weight excluding hydrogens is 174 g/mol. The minimum Gasteiger partial charge on any atom is -0.227 e. The monoisotopic (exact) mass is 178 g/mol. The molecule has 0 spiro atoms. The first-order valence-electron chi connectivity index (χ1n) is 2.71. The minimum absolute atomic E-state index is 0.611. The molecule has 0 saturated heterocycles. The summed E-state index contributed by atoms with van der Waals surface area (Å²) in [4.78, 5) is -0.611. The van der Waals surface area contributed by atoms with Gasteiger partial charge in [0, 0.05) is 0 Å². The van der Waals surface area contributed by atoms with Crippen molar-refractivity contribution < 1.29 is 17.2 Å². The third-order valence-corrected chi connectivity index (χ3v) is 1.87. The maximum atomic E-state index is 12.5. The van der Waals surface area contributed by atoms with Crippen LogP contribution in [0.3, 0.4) is 0 Å². The first-order valence-corrected chi connectivity index (χ1v) is 3.89. The molecule has 0 saturated carbocycles. The summed E-state index contributed by atoms with van der Waals surface area (Å²) in [6.07, 6.45) is 0. The lowest BCUT2D eigenvalue weighted by Crippen LogP contribution is -1.90. The van der Waals surface area contributed by atoms with Crippen LogP contribution in [-0.4, -0.2) is 8.42 Å². The average Bonchev–Trinajstić information content (AvgIpc) is 1.94. The zero-order chi connectivity index (χ0) is 8.43. The SMILES string of the molecule is O=[SH](=O)c1cccc(F)c1F. The molecule has 0 aliphatic rings. The normalized spacial score (nSPS) is 10.5. The Bertz CT molecular complexity index is 338. The van der Waals surface area contributed by atoms with Gasteiger partial charge in [0.05, 0.1) is 0 Å². The Morgan fingerprint density at radius 2 is 1.82 bits per heavy atom. The van der Waals surface area contributed by atoms with Crippen LogP contribution in [0.5, 0.6) is 0 Å². The van der Waals surface area contributed by atoms with Crippen LogP contribution in [-0.2, 0) is 10.7 Å². The maximum Gasteiger partial charge on any atom is 0.177 e. The topological polar surface area (TPSA) is 34.1 Å². The molecule has 0 unspecified atom stereocenters. The maximum absolute atomic E-state index is 12.5.